The fourth-order valence-electron chi connectivity index (χ4n) is 2.32. The summed E-state index contributed by atoms with van der Waals surface area (Å²) in [6.07, 6.45) is 1.15. The Morgan fingerprint density at radius 2 is 2.53 bits per heavy atom. The van der Waals surface area contributed by atoms with E-state index in [9.17, 15) is 0 Å². The van der Waals surface area contributed by atoms with Crippen LogP contribution in [0.25, 0.3) is 0 Å². The van der Waals surface area contributed by atoms with Crippen molar-refractivity contribution in [2.75, 3.05) is 30.4 Å². The molecule has 4 nitrogen and oxygen atoms in total. The Morgan fingerprint density at radius 1 is 1.67 bits per heavy atom. The third kappa shape index (κ3) is 1.32. The van der Waals surface area contributed by atoms with Gasteiger partial charge in [-0.05, 0) is 6.42 Å². The van der Waals surface area contributed by atoms with E-state index >= 15 is 0 Å². The number of anilines is 2. The molecule has 0 saturated carbocycles. The minimum atomic E-state index is 0.473. The lowest BCUT2D eigenvalue weighted by molar-refractivity contribution is 0.414. The summed E-state index contributed by atoms with van der Waals surface area (Å²) < 4.78 is 5.34. The summed E-state index contributed by atoms with van der Waals surface area (Å²) in [4.78, 5) is 6.60. The number of hydrogen-bond acceptors (Lipinski definition) is 4. The third-order valence-electron chi connectivity index (χ3n) is 2.99. The van der Waals surface area contributed by atoms with Gasteiger partial charge >= 0.3 is 0 Å². The smallest absolute Gasteiger partial charge is 0.155 e. The highest BCUT2D eigenvalue weighted by molar-refractivity contribution is 6.29. The van der Waals surface area contributed by atoms with Gasteiger partial charge in [0.05, 0.1) is 7.11 Å². The summed E-state index contributed by atoms with van der Waals surface area (Å²) in [5.41, 5.74) is 1.05. The molecule has 1 N–H and O–H groups in total. The summed E-state index contributed by atoms with van der Waals surface area (Å²) in [5.74, 6) is 1.66. The number of nitrogens with one attached hydrogen (secondary N) is 1. The van der Waals surface area contributed by atoms with E-state index < -0.39 is 0 Å². The molecule has 15 heavy (non-hydrogen) atoms. The molecule has 1 fully saturated rings. The standard InChI is InChI=1S/C10H12ClN3O/c1-15-7-4-8(11)13-10-9(7)14-3-2-6(5-14)12-10/h4,6H,2-3,5H2,1H3,(H,12,13). The van der Waals surface area contributed by atoms with Crippen molar-refractivity contribution in [2.24, 2.45) is 0 Å². The summed E-state index contributed by atoms with van der Waals surface area (Å²) >= 11 is 5.93. The Balaban J connectivity index is 2.16. The Hall–Kier alpha value is -1.16. The maximum atomic E-state index is 5.93. The molecular weight excluding hydrogens is 214 g/mol. The van der Waals surface area contributed by atoms with Crippen molar-refractivity contribution in [1.29, 1.82) is 0 Å². The van der Waals surface area contributed by atoms with Gasteiger partial charge in [-0.3, -0.25) is 0 Å². The second-order valence-electron chi connectivity index (χ2n) is 3.92. The molecule has 1 aromatic heterocycles. The quantitative estimate of drug-likeness (QED) is 0.739. The number of halogens is 1. The molecule has 3 heterocycles. The van der Waals surface area contributed by atoms with Crippen LogP contribution in [0.5, 0.6) is 5.75 Å². The lowest BCUT2D eigenvalue weighted by Crippen LogP contribution is -2.32. The van der Waals surface area contributed by atoms with Crippen molar-refractivity contribution >= 4 is 23.1 Å². The van der Waals surface area contributed by atoms with Crippen molar-refractivity contribution in [3.8, 4) is 5.75 Å². The van der Waals surface area contributed by atoms with Crippen LogP contribution in [0.4, 0.5) is 11.5 Å². The molecule has 0 amide bonds. The van der Waals surface area contributed by atoms with E-state index in [2.05, 4.69) is 15.2 Å². The van der Waals surface area contributed by atoms with Crippen LogP contribution in [0.15, 0.2) is 6.07 Å². The van der Waals surface area contributed by atoms with Gasteiger partial charge < -0.3 is 15.0 Å². The summed E-state index contributed by atoms with van der Waals surface area (Å²) in [6.45, 7) is 2.09. The van der Waals surface area contributed by atoms with Crippen molar-refractivity contribution in [1.82, 2.24) is 4.98 Å². The van der Waals surface area contributed by atoms with E-state index in [0.29, 0.717) is 11.2 Å². The molecule has 5 heteroatoms. The van der Waals surface area contributed by atoms with E-state index in [1.165, 1.54) is 0 Å². The molecule has 0 aliphatic carbocycles. The van der Waals surface area contributed by atoms with Crippen LogP contribution in [0.2, 0.25) is 5.15 Å². The first kappa shape index (κ1) is 9.09. The average molecular weight is 226 g/mol. The number of fused-ring (bicyclic) bond motifs is 4. The first-order chi connectivity index (χ1) is 7.28. The summed E-state index contributed by atoms with van der Waals surface area (Å²) in [5, 5.41) is 3.86. The first-order valence-corrected chi connectivity index (χ1v) is 5.42. The number of hydrogen-bond donors (Lipinski definition) is 1. The number of nitrogens with zero attached hydrogens (tertiary/aromatic N) is 2. The molecule has 1 unspecified atom stereocenters. The molecule has 1 atom stereocenters. The lowest BCUT2D eigenvalue weighted by atomic mass is 10.2. The molecule has 3 rings (SSSR count). The number of rotatable bonds is 1. The van der Waals surface area contributed by atoms with Crippen LogP contribution >= 0.6 is 11.6 Å². The van der Waals surface area contributed by atoms with Crippen molar-refractivity contribution in [3.05, 3.63) is 11.2 Å². The fraction of sp³-hybridized carbons (Fsp3) is 0.500. The van der Waals surface area contributed by atoms with Gasteiger partial charge in [0.1, 0.15) is 16.6 Å². The van der Waals surface area contributed by atoms with Crippen LogP contribution in [-0.4, -0.2) is 31.2 Å². The van der Waals surface area contributed by atoms with Gasteiger partial charge in [-0.15, -0.1) is 0 Å². The molecule has 0 radical (unpaired) electrons. The van der Waals surface area contributed by atoms with E-state index in [1.54, 1.807) is 13.2 Å². The van der Waals surface area contributed by atoms with Gasteiger partial charge in [0.15, 0.2) is 5.82 Å². The Labute approximate surface area is 93.2 Å². The zero-order chi connectivity index (χ0) is 10.4. The monoisotopic (exact) mass is 225 g/mol. The Bertz CT molecular complexity index is 410. The number of ether oxygens (including phenoxy) is 1. The highest BCUT2D eigenvalue weighted by Gasteiger charge is 2.33. The predicted molar refractivity (Wildman–Crippen MR) is 60.0 cm³/mol. The van der Waals surface area contributed by atoms with E-state index in [0.717, 1.165) is 36.8 Å². The number of methoxy groups -OCH3 is 1. The number of aromatic nitrogens is 1. The van der Waals surface area contributed by atoms with Gasteiger partial charge in [0.25, 0.3) is 0 Å². The van der Waals surface area contributed by atoms with Crippen LogP contribution in [0.1, 0.15) is 6.42 Å². The van der Waals surface area contributed by atoms with Crippen molar-refractivity contribution < 1.29 is 4.74 Å². The molecule has 1 saturated heterocycles. The molecule has 2 aliphatic rings. The van der Waals surface area contributed by atoms with Gasteiger partial charge in [-0.1, -0.05) is 11.6 Å². The van der Waals surface area contributed by atoms with Gasteiger partial charge in [0.2, 0.25) is 0 Å². The molecule has 2 aliphatic heterocycles. The minimum absolute atomic E-state index is 0.473. The van der Waals surface area contributed by atoms with Crippen LogP contribution in [-0.2, 0) is 0 Å². The topological polar surface area (TPSA) is 37.4 Å². The maximum Gasteiger partial charge on any atom is 0.155 e. The zero-order valence-electron chi connectivity index (χ0n) is 8.46. The van der Waals surface area contributed by atoms with Gasteiger partial charge in [0, 0.05) is 25.2 Å². The van der Waals surface area contributed by atoms with E-state index in [-0.39, 0.29) is 0 Å². The predicted octanol–water partition coefficient (Wildman–Crippen LogP) is 1.75. The van der Waals surface area contributed by atoms with Gasteiger partial charge in [-0.25, -0.2) is 4.98 Å². The SMILES string of the molecule is COc1cc(Cl)nc2c1N1CCC(C1)N2. The molecule has 1 aromatic rings. The summed E-state index contributed by atoms with van der Waals surface area (Å²) in [6, 6.07) is 2.27. The largest absolute Gasteiger partial charge is 0.494 e. The highest BCUT2D eigenvalue weighted by atomic mass is 35.5. The fourth-order valence-corrected chi connectivity index (χ4v) is 2.51. The minimum Gasteiger partial charge on any atom is -0.494 e. The van der Waals surface area contributed by atoms with Crippen molar-refractivity contribution in [2.45, 2.75) is 12.5 Å². The first-order valence-electron chi connectivity index (χ1n) is 5.04. The molecule has 2 bridgehead atoms. The number of pyridine rings is 1. The van der Waals surface area contributed by atoms with Crippen LogP contribution < -0.4 is 15.0 Å². The highest BCUT2D eigenvalue weighted by Crippen LogP contribution is 2.42. The second kappa shape index (κ2) is 3.17. The maximum absolute atomic E-state index is 5.93. The molecule has 80 valence electrons. The zero-order valence-corrected chi connectivity index (χ0v) is 9.21. The van der Waals surface area contributed by atoms with E-state index in [4.69, 9.17) is 16.3 Å². The third-order valence-corrected chi connectivity index (χ3v) is 3.19. The molecule has 0 spiro atoms. The van der Waals surface area contributed by atoms with Gasteiger partial charge in [-0.2, -0.15) is 0 Å². The molecular formula is C10H12ClN3O. The normalized spacial score (nSPS) is 22.3. The Kier molecular flexibility index (Phi) is 1.92. The lowest BCUT2D eigenvalue weighted by Gasteiger charge is -2.29. The van der Waals surface area contributed by atoms with Crippen molar-refractivity contribution in [3.63, 3.8) is 0 Å². The van der Waals surface area contributed by atoms with Crippen LogP contribution in [0.3, 0.4) is 0 Å². The second-order valence-corrected chi connectivity index (χ2v) is 4.31. The Morgan fingerprint density at radius 3 is 3.33 bits per heavy atom. The average Bonchev–Trinajstić information content (AvgIpc) is 2.59. The van der Waals surface area contributed by atoms with E-state index in [1.807, 2.05) is 0 Å². The molecule has 0 aromatic carbocycles. The van der Waals surface area contributed by atoms with Crippen LogP contribution in [0, 0.1) is 0 Å². The summed E-state index contributed by atoms with van der Waals surface area (Å²) in [7, 11) is 1.66.